The second kappa shape index (κ2) is 7.09. The van der Waals surface area contributed by atoms with E-state index < -0.39 is 0 Å². The molecule has 0 bridgehead atoms. The van der Waals surface area contributed by atoms with Gasteiger partial charge in [-0.3, -0.25) is 4.79 Å². The van der Waals surface area contributed by atoms with Crippen molar-refractivity contribution >= 4 is 22.8 Å². The molecule has 26 heavy (non-hydrogen) atoms. The fraction of sp³-hybridized carbons (Fsp3) is 0.333. The van der Waals surface area contributed by atoms with E-state index in [9.17, 15) is 4.79 Å². The van der Waals surface area contributed by atoms with Gasteiger partial charge in [0.05, 0.1) is 17.6 Å². The van der Waals surface area contributed by atoms with Gasteiger partial charge in [0.25, 0.3) is 5.91 Å². The number of likely N-dealkylation sites (N-methyl/N-ethyl adjacent to an activating group) is 1. The minimum atomic E-state index is -0.233. The number of rotatable bonds is 4. The van der Waals surface area contributed by atoms with Crippen molar-refractivity contribution in [2.75, 3.05) is 38.1 Å². The third-order valence-electron chi connectivity index (χ3n) is 4.57. The number of carbonyl (C=O) groups excluding carboxylic acids is 1. The van der Waals surface area contributed by atoms with E-state index in [1.54, 1.807) is 6.07 Å². The summed E-state index contributed by atoms with van der Waals surface area (Å²) in [6.07, 6.45) is 1.45. The Morgan fingerprint density at radius 3 is 2.81 bits per heavy atom. The first-order valence-corrected chi connectivity index (χ1v) is 8.66. The number of anilines is 1. The van der Waals surface area contributed by atoms with E-state index >= 15 is 0 Å². The zero-order valence-electron chi connectivity index (χ0n) is 14.6. The van der Waals surface area contributed by atoms with Crippen LogP contribution in [0.25, 0.3) is 11.0 Å². The quantitative estimate of drug-likeness (QED) is 0.730. The summed E-state index contributed by atoms with van der Waals surface area (Å²) in [5.74, 6) is 1.28. The minimum Gasteiger partial charge on any atom is -0.354 e. The molecule has 0 unspecified atom stereocenters. The third-order valence-corrected chi connectivity index (χ3v) is 4.57. The van der Waals surface area contributed by atoms with E-state index in [1.807, 2.05) is 24.3 Å². The van der Waals surface area contributed by atoms with Crippen molar-refractivity contribution < 1.29 is 4.79 Å². The normalized spacial score (nSPS) is 15.3. The van der Waals surface area contributed by atoms with Crippen molar-refractivity contribution in [2.24, 2.45) is 0 Å². The zero-order chi connectivity index (χ0) is 17.9. The lowest BCUT2D eigenvalue weighted by Gasteiger charge is -2.33. The Morgan fingerprint density at radius 2 is 2.00 bits per heavy atom. The molecule has 1 aromatic carbocycles. The lowest BCUT2D eigenvalue weighted by atomic mass is 10.3. The predicted octanol–water partition coefficient (Wildman–Crippen LogP) is 1.03. The Balaban J connectivity index is 1.42. The Bertz CT molecular complexity index is 882. The molecule has 1 aliphatic heterocycles. The topological polar surface area (TPSA) is 90.0 Å². The number of benzene rings is 1. The van der Waals surface area contributed by atoms with Gasteiger partial charge in [0.15, 0.2) is 0 Å². The van der Waals surface area contributed by atoms with Gasteiger partial charge in [-0.1, -0.05) is 12.1 Å². The van der Waals surface area contributed by atoms with Gasteiger partial charge in [-0.2, -0.15) is 0 Å². The number of para-hydroxylation sites is 2. The van der Waals surface area contributed by atoms with Gasteiger partial charge in [-0.15, -0.1) is 0 Å². The standard InChI is InChI=1S/C18H21N7O/c1-24-6-8-25(9-7-24)17-10-15(20-12-21-17)18(26)19-11-16-22-13-4-2-3-5-14(13)23-16/h2-5,10,12H,6-9,11H2,1H3,(H,19,26)(H,22,23). The second-order valence-electron chi connectivity index (χ2n) is 6.44. The van der Waals surface area contributed by atoms with Crippen LogP contribution in [0.5, 0.6) is 0 Å². The fourth-order valence-corrected chi connectivity index (χ4v) is 3.02. The van der Waals surface area contributed by atoms with Crippen LogP contribution in [0, 0.1) is 0 Å². The summed E-state index contributed by atoms with van der Waals surface area (Å²) in [7, 11) is 2.11. The van der Waals surface area contributed by atoms with Crippen molar-refractivity contribution in [1.29, 1.82) is 0 Å². The molecule has 1 aliphatic rings. The van der Waals surface area contributed by atoms with Crippen LogP contribution in [0.2, 0.25) is 0 Å². The average molecular weight is 351 g/mol. The molecule has 2 N–H and O–H groups in total. The summed E-state index contributed by atoms with van der Waals surface area (Å²) in [5.41, 5.74) is 2.21. The number of nitrogens with zero attached hydrogens (tertiary/aromatic N) is 5. The average Bonchev–Trinajstić information content (AvgIpc) is 3.10. The lowest BCUT2D eigenvalue weighted by Crippen LogP contribution is -2.44. The lowest BCUT2D eigenvalue weighted by molar-refractivity contribution is 0.0945. The van der Waals surface area contributed by atoms with Gasteiger partial charge >= 0.3 is 0 Å². The zero-order valence-corrected chi connectivity index (χ0v) is 14.6. The molecule has 1 amide bonds. The van der Waals surface area contributed by atoms with Crippen LogP contribution in [0.3, 0.4) is 0 Å². The predicted molar refractivity (Wildman–Crippen MR) is 99.0 cm³/mol. The van der Waals surface area contributed by atoms with Crippen LogP contribution in [0.15, 0.2) is 36.7 Å². The first kappa shape index (κ1) is 16.5. The molecular weight excluding hydrogens is 330 g/mol. The Morgan fingerprint density at radius 1 is 1.19 bits per heavy atom. The first-order valence-electron chi connectivity index (χ1n) is 8.66. The molecule has 0 atom stereocenters. The maximum Gasteiger partial charge on any atom is 0.270 e. The van der Waals surface area contributed by atoms with Gasteiger partial charge in [0.2, 0.25) is 0 Å². The first-order chi connectivity index (χ1) is 12.7. The van der Waals surface area contributed by atoms with E-state index in [-0.39, 0.29) is 5.91 Å². The summed E-state index contributed by atoms with van der Waals surface area (Å²) in [4.78, 5) is 33.0. The van der Waals surface area contributed by atoms with Crippen molar-refractivity contribution in [1.82, 2.24) is 30.2 Å². The number of carbonyl (C=O) groups is 1. The van der Waals surface area contributed by atoms with E-state index in [4.69, 9.17) is 0 Å². The number of imidazole rings is 1. The highest BCUT2D eigenvalue weighted by atomic mass is 16.1. The number of hydrogen-bond donors (Lipinski definition) is 2. The molecule has 0 radical (unpaired) electrons. The minimum absolute atomic E-state index is 0.233. The Hall–Kier alpha value is -3.00. The van der Waals surface area contributed by atoms with Gasteiger partial charge in [-0.05, 0) is 19.2 Å². The highest BCUT2D eigenvalue weighted by Crippen LogP contribution is 2.14. The molecule has 3 aromatic rings. The molecule has 1 saturated heterocycles. The van der Waals surface area contributed by atoms with Crippen molar-refractivity contribution in [2.45, 2.75) is 6.54 Å². The molecule has 8 nitrogen and oxygen atoms in total. The Kier molecular flexibility index (Phi) is 4.49. The maximum atomic E-state index is 12.5. The summed E-state index contributed by atoms with van der Waals surface area (Å²) in [6, 6.07) is 9.53. The van der Waals surface area contributed by atoms with Crippen LogP contribution >= 0.6 is 0 Å². The molecule has 0 saturated carbocycles. The fourth-order valence-electron chi connectivity index (χ4n) is 3.02. The van der Waals surface area contributed by atoms with Crippen LogP contribution < -0.4 is 10.2 Å². The van der Waals surface area contributed by atoms with E-state index in [1.165, 1.54) is 6.33 Å². The summed E-state index contributed by atoms with van der Waals surface area (Å²) in [6.45, 7) is 4.08. The number of amides is 1. The number of fused-ring (bicyclic) bond motifs is 1. The van der Waals surface area contributed by atoms with Crippen molar-refractivity contribution in [3.05, 3.63) is 48.2 Å². The van der Waals surface area contributed by atoms with Crippen molar-refractivity contribution in [3.8, 4) is 0 Å². The second-order valence-corrected chi connectivity index (χ2v) is 6.44. The summed E-state index contributed by atoms with van der Waals surface area (Å²) in [5, 5.41) is 2.86. The van der Waals surface area contributed by atoms with Gasteiger partial charge in [0, 0.05) is 32.2 Å². The van der Waals surface area contributed by atoms with Gasteiger partial charge in [-0.25, -0.2) is 15.0 Å². The number of hydrogen-bond acceptors (Lipinski definition) is 6. The molecule has 2 aromatic heterocycles. The molecule has 0 aliphatic carbocycles. The Labute approximate surface area is 151 Å². The van der Waals surface area contributed by atoms with E-state index in [0.717, 1.165) is 43.0 Å². The van der Waals surface area contributed by atoms with Crippen LogP contribution in [-0.2, 0) is 6.54 Å². The van der Waals surface area contributed by atoms with Crippen molar-refractivity contribution in [3.63, 3.8) is 0 Å². The third kappa shape index (κ3) is 3.50. The highest BCUT2D eigenvalue weighted by molar-refractivity contribution is 5.92. The SMILES string of the molecule is CN1CCN(c2cc(C(=O)NCc3nc4ccccc4[nH]3)ncn2)CC1. The number of aromatic nitrogens is 4. The van der Waals surface area contributed by atoms with E-state index in [2.05, 4.69) is 42.1 Å². The molecule has 134 valence electrons. The smallest absolute Gasteiger partial charge is 0.270 e. The van der Waals surface area contributed by atoms with Crippen LogP contribution in [0.1, 0.15) is 16.3 Å². The molecule has 4 rings (SSSR count). The number of piperazine rings is 1. The largest absolute Gasteiger partial charge is 0.354 e. The number of aromatic amines is 1. The highest BCUT2D eigenvalue weighted by Gasteiger charge is 2.17. The maximum absolute atomic E-state index is 12.5. The summed E-state index contributed by atoms with van der Waals surface area (Å²) < 4.78 is 0. The molecule has 1 fully saturated rings. The molecule has 0 spiro atoms. The number of H-pyrrole nitrogens is 1. The molecule has 8 heteroatoms. The monoisotopic (exact) mass is 351 g/mol. The number of nitrogens with one attached hydrogen (secondary N) is 2. The summed E-state index contributed by atoms with van der Waals surface area (Å²) >= 11 is 0. The van der Waals surface area contributed by atoms with E-state index in [0.29, 0.717) is 18.1 Å². The van der Waals surface area contributed by atoms with Crippen LogP contribution in [0.4, 0.5) is 5.82 Å². The van der Waals surface area contributed by atoms with Gasteiger partial charge < -0.3 is 20.1 Å². The van der Waals surface area contributed by atoms with Crippen LogP contribution in [-0.4, -0.2) is 64.0 Å². The molecular formula is C18H21N7O. The van der Waals surface area contributed by atoms with Gasteiger partial charge in [0.1, 0.15) is 23.7 Å². The molecule has 3 heterocycles.